The molecule has 0 saturated heterocycles. The number of carbonyl (C=O) groups excluding carboxylic acids is 1. The molecule has 5 nitrogen and oxygen atoms in total. The van der Waals surface area contributed by atoms with Crippen molar-refractivity contribution in [2.75, 3.05) is 7.11 Å². The van der Waals surface area contributed by atoms with Crippen molar-refractivity contribution in [2.45, 2.75) is 20.1 Å². The van der Waals surface area contributed by atoms with E-state index in [1.165, 1.54) is 13.0 Å². The number of aliphatic hydroxyl groups excluding tert-OH is 1. The molecule has 0 aromatic heterocycles. The molecule has 0 radical (unpaired) electrons. The summed E-state index contributed by atoms with van der Waals surface area (Å²) in [7, 11) is 1.15. The van der Waals surface area contributed by atoms with Crippen LogP contribution in [0.1, 0.15) is 16.7 Å². The first-order chi connectivity index (χ1) is 11.5. The van der Waals surface area contributed by atoms with Gasteiger partial charge in [0, 0.05) is 11.6 Å². The van der Waals surface area contributed by atoms with Gasteiger partial charge in [0.05, 0.1) is 13.7 Å². The fourth-order valence-corrected chi connectivity index (χ4v) is 2.04. The number of ether oxygens (including phenoxy) is 3. The van der Waals surface area contributed by atoms with Gasteiger partial charge in [0.2, 0.25) is 0 Å². The summed E-state index contributed by atoms with van der Waals surface area (Å²) in [5.74, 6) is -1.50. The minimum Gasteiger partial charge on any atom is -0.486 e. The normalized spacial score (nSPS) is 10.4. The topological polar surface area (TPSA) is 65.0 Å². The first kappa shape index (κ1) is 17.7. The van der Waals surface area contributed by atoms with Gasteiger partial charge < -0.3 is 19.3 Å². The van der Waals surface area contributed by atoms with E-state index < -0.39 is 17.8 Å². The van der Waals surface area contributed by atoms with Gasteiger partial charge in [-0.3, -0.25) is 0 Å². The molecule has 0 bridgehead atoms. The Balaban J connectivity index is 2.28. The van der Waals surface area contributed by atoms with Gasteiger partial charge >= 0.3 is 6.16 Å². The zero-order chi connectivity index (χ0) is 17.7. The molecule has 0 spiro atoms. The Bertz CT molecular complexity index is 746. The predicted molar refractivity (Wildman–Crippen MR) is 80.8 cm³/mol. The Morgan fingerprint density at radius 3 is 2.58 bits per heavy atom. The molecule has 24 heavy (non-hydrogen) atoms. The highest BCUT2D eigenvalue weighted by atomic mass is 19.1. The van der Waals surface area contributed by atoms with Gasteiger partial charge in [0.25, 0.3) is 0 Å². The molecule has 1 N–H and O–H groups in total. The molecule has 128 valence electrons. The molecular weight excluding hydrogens is 322 g/mol. The molecule has 0 heterocycles. The maximum Gasteiger partial charge on any atom is 0.513 e. The van der Waals surface area contributed by atoms with Crippen molar-refractivity contribution < 1.29 is 32.9 Å². The van der Waals surface area contributed by atoms with E-state index in [0.717, 1.165) is 19.2 Å². The maximum atomic E-state index is 13.8. The van der Waals surface area contributed by atoms with E-state index in [1.807, 2.05) is 0 Å². The van der Waals surface area contributed by atoms with E-state index in [0.29, 0.717) is 11.1 Å². The lowest BCUT2D eigenvalue weighted by Crippen LogP contribution is -2.11. The highest BCUT2D eigenvalue weighted by Gasteiger charge is 2.15. The average molecular weight is 338 g/mol. The summed E-state index contributed by atoms with van der Waals surface area (Å²) >= 11 is 0. The average Bonchev–Trinajstić information content (AvgIpc) is 2.57. The monoisotopic (exact) mass is 338 g/mol. The molecule has 2 aromatic carbocycles. The van der Waals surface area contributed by atoms with Gasteiger partial charge in [-0.2, -0.15) is 0 Å². The molecule has 0 saturated carbocycles. The minimum atomic E-state index is -0.945. The van der Waals surface area contributed by atoms with Crippen molar-refractivity contribution in [2.24, 2.45) is 0 Å². The molecule has 0 aliphatic heterocycles. The Morgan fingerprint density at radius 1 is 1.17 bits per heavy atom. The molecule has 0 unspecified atom stereocenters. The van der Waals surface area contributed by atoms with Crippen LogP contribution < -0.4 is 9.47 Å². The van der Waals surface area contributed by atoms with Crippen molar-refractivity contribution >= 4 is 6.16 Å². The zero-order valence-corrected chi connectivity index (χ0v) is 13.1. The number of aryl methyl sites for hydroxylation is 1. The highest BCUT2D eigenvalue weighted by molar-refractivity contribution is 5.64. The van der Waals surface area contributed by atoms with Gasteiger partial charge in [-0.25, -0.2) is 13.6 Å². The van der Waals surface area contributed by atoms with Gasteiger partial charge in [-0.15, -0.1) is 0 Å². The molecule has 2 aromatic rings. The third-order valence-corrected chi connectivity index (χ3v) is 3.35. The van der Waals surface area contributed by atoms with Crippen LogP contribution in [0.2, 0.25) is 0 Å². The summed E-state index contributed by atoms with van der Waals surface area (Å²) < 4.78 is 42.1. The van der Waals surface area contributed by atoms with Crippen LogP contribution in [0, 0.1) is 18.6 Å². The van der Waals surface area contributed by atoms with Crippen LogP contribution in [0.3, 0.4) is 0 Å². The maximum absolute atomic E-state index is 13.8. The smallest absolute Gasteiger partial charge is 0.486 e. The second-order valence-corrected chi connectivity index (χ2v) is 4.93. The van der Waals surface area contributed by atoms with Crippen LogP contribution in [-0.4, -0.2) is 18.4 Å². The largest absolute Gasteiger partial charge is 0.513 e. The minimum absolute atomic E-state index is 0.0985. The second-order valence-electron chi connectivity index (χ2n) is 4.93. The summed E-state index contributed by atoms with van der Waals surface area (Å²) in [4.78, 5) is 11.3. The highest BCUT2D eigenvalue weighted by Crippen LogP contribution is 2.27. The fraction of sp³-hybridized carbons (Fsp3) is 0.235. The molecule has 2 rings (SSSR count). The number of hydrogen-bond donors (Lipinski definition) is 1. The van der Waals surface area contributed by atoms with Crippen molar-refractivity contribution in [1.82, 2.24) is 0 Å². The Kier molecular flexibility index (Phi) is 5.70. The van der Waals surface area contributed by atoms with E-state index in [2.05, 4.69) is 4.74 Å². The summed E-state index contributed by atoms with van der Waals surface area (Å²) in [6.07, 6.45) is -0.945. The zero-order valence-electron chi connectivity index (χ0n) is 13.1. The van der Waals surface area contributed by atoms with E-state index in [4.69, 9.17) is 9.47 Å². The first-order valence-corrected chi connectivity index (χ1v) is 7.02. The van der Waals surface area contributed by atoms with E-state index in [1.54, 1.807) is 12.1 Å². The first-order valence-electron chi connectivity index (χ1n) is 7.02. The van der Waals surface area contributed by atoms with Crippen molar-refractivity contribution in [1.29, 1.82) is 0 Å². The lowest BCUT2D eigenvalue weighted by atomic mass is 10.1. The van der Waals surface area contributed by atoms with Crippen LogP contribution in [0.15, 0.2) is 30.3 Å². The summed E-state index contributed by atoms with van der Waals surface area (Å²) in [5, 5.41) is 9.41. The summed E-state index contributed by atoms with van der Waals surface area (Å²) in [6, 6.07) is 6.59. The quantitative estimate of drug-likeness (QED) is 0.668. The molecule has 0 fully saturated rings. The number of carbonyl (C=O) groups is 1. The Hall–Kier alpha value is -2.67. The second kappa shape index (κ2) is 7.74. The third-order valence-electron chi connectivity index (χ3n) is 3.35. The van der Waals surface area contributed by atoms with Gasteiger partial charge in [0.1, 0.15) is 18.2 Å². The van der Waals surface area contributed by atoms with Crippen molar-refractivity contribution in [3.63, 3.8) is 0 Å². The van der Waals surface area contributed by atoms with E-state index in [-0.39, 0.29) is 30.3 Å². The molecule has 0 aliphatic rings. The number of aliphatic hydroxyl groups is 1. The third kappa shape index (κ3) is 3.99. The van der Waals surface area contributed by atoms with Crippen LogP contribution in [-0.2, 0) is 18.0 Å². The van der Waals surface area contributed by atoms with Gasteiger partial charge in [-0.05, 0) is 30.2 Å². The predicted octanol–water partition coefficient (Wildman–Crippen LogP) is 3.49. The fourth-order valence-electron chi connectivity index (χ4n) is 2.04. The number of hydrogen-bond acceptors (Lipinski definition) is 5. The van der Waals surface area contributed by atoms with Crippen LogP contribution >= 0.6 is 0 Å². The number of methoxy groups -OCH3 is 1. The van der Waals surface area contributed by atoms with E-state index in [9.17, 15) is 18.7 Å². The summed E-state index contributed by atoms with van der Waals surface area (Å²) in [5.41, 5.74) is 0.903. The van der Waals surface area contributed by atoms with Gasteiger partial charge in [-0.1, -0.05) is 12.1 Å². The number of rotatable bonds is 5. The number of benzene rings is 2. The van der Waals surface area contributed by atoms with E-state index >= 15 is 0 Å². The van der Waals surface area contributed by atoms with Crippen LogP contribution in [0.5, 0.6) is 11.5 Å². The Morgan fingerprint density at radius 2 is 1.92 bits per heavy atom. The van der Waals surface area contributed by atoms with Crippen LogP contribution in [0.25, 0.3) is 0 Å². The lowest BCUT2D eigenvalue weighted by Gasteiger charge is -2.14. The van der Waals surface area contributed by atoms with Crippen molar-refractivity contribution in [3.05, 3.63) is 58.7 Å². The molecule has 0 amide bonds. The number of halogens is 2. The van der Waals surface area contributed by atoms with Crippen molar-refractivity contribution in [3.8, 4) is 11.5 Å². The standard InChI is InChI=1S/C17H16F2O5/c1-10-6-14(19)16(7-13(10)18)23-9-12-11(8-20)4-3-5-15(12)24-17(21)22-2/h3-7,20H,8-9H2,1-2H3. The summed E-state index contributed by atoms with van der Waals surface area (Å²) in [6.45, 7) is 0.857. The lowest BCUT2D eigenvalue weighted by molar-refractivity contribution is 0.120. The molecule has 0 atom stereocenters. The SMILES string of the molecule is COC(=O)Oc1cccc(CO)c1COc1cc(F)c(C)cc1F. The molecule has 7 heteroatoms. The van der Waals surface area contributed by atoms with Crippen LogP contribution in [0.4, 0.5) is 13.6 Å². The van der Waals surface area contributed by atoms with Gasteiger partial charge in [0.15, 0.2) is 11.6 Å². The molecular formula is C17H16F2O5. The molecule has 0 aliphatic carbocycles. The Labute approximate surface area is 137 Å².